The zero-order valence-electron chi connectivity index (χ0n) is 14.2. The number of piperidine rings is 1. The lowest BCUT2D eigenvalue weighted by atomic mass is 9.97. The smallest absolute Gasteiger partial charge is 0.221 e. The molecule has 2 fully saturated rings. The lowest BCUT2D eigenvalue weighted by molar-refractivity contribution is -0.123. The van der Waals surface area contributed by atoms with Crippen LogP contribution in [0.5, 0.6) is 0 Å². The Bertz CT molecular complexity index is 336. The Balaban J connectivity index is 1.77. The highest BCUT2D eigenvalue weighted by Gasteiger charge is 2.40. The van der Waals surface area contributed by atoms with Gasteiger partial charge >= 0.3 is 0 Å². The third-order valence-electron chi connectivity index (χ3n) is 4.68. The number of amides is 1. The normalized spacial score (nSPS) is 29.6. The molecule has 1 amide bonds. The molecule has 122 valence electrons. The summed E-state index contributed by atoms with van der Waals surface area (Å²) in [6, 6.07) is 2.09. The molecule has 2 rings (SSSR count). The monoisotopic (exact) mass is 295 g/mol. The maximum atomic E-state index is 12.0. The summed E-state index contributed by atoms with van der Waals surface area (Å²) in [6.07, 6.45) is 7.00. The minimum absolute atomic E-state index is 0.118. The number of carbonyl (C=O) groups is 1. The summed E-state index contributed by atoms with van der Waals surface area (Å²) in [6.45, 7) is 10.4. The van der Waals surface area contributed by atoms with E-state index in [0.29, 0.717) is 24.5 Å². The van der Waals surface area contributed by atoms with E-state index in [1.54, 1.807) is 0 Å². The van der Waals surface area contributed by atoms with Crippen molar-refractivity contribution in [3.05, 3.63) is 0 Å². The molecule has 4 heteroatoms. The fourth-order valence-electron chi connectivity index (χ4n) is 3.87. The van der Waals surface area contributed by atoms with Gasteiger partial charge in [-0.1, -0.05) is 6.92 Å². The van der Waals surface area contributed by atoms with Gasteiger partial charge in [-0.15, -0.1) is 0 Å². The summed E-state index contributed by atoms with van der Waals surface area (Å²) in [7, 11) is 0. The minimum atomic E-state index is -0.118. The Hall–Kier alpha value is -0.610. The molecule has 0 aromatic carbocycles. The fourth-order valence-corrected chi connectivity index (χ4v) is 3.87. The number of rotatable bonds is 6. The van der Waals surface area contributed by atoms with Gasteiger partial charge in [0.05, 0.1) is 0 Å². The van der Waals surface area contributed by atoms with Gasteiger partial charge in [0.1, 0.15) is 0 Å². The van der Waals surface area contributed by atoms with E-state index in [4.69, 9.17) is 0 Å². The molecule has 2 aliphatic rings. The third kappa shape index (κ3) is 4.96. The number of hydrogen-bond acceptors (Lipinski definition) is 3. The molecule has 2 N–H and O–H groups in total. The van der Waals surface area contributed by atoms with Crippen LogP contribution >= 0.6 is 0 Å². The van der Waals surface area contributed by atoms with Gasteiger partial charge in [-0.25, -0.2) is 0 Å². The molecule has 0 aromatic heterocycles. The summed E-state index contributed by atoms with van der Waals surface area (Å²) >= 11 is 0. The first-order valence-corrected chi connectivity index (χ1v) is 8.69. The Morgan fingerprint density at radius 2 is 1.81 bits per heavy atom. The molecule has 2 bridgehead atoms. The second-order valence-corrected chi connectivity index (χ2v) is 7.79. The molecule has 2 atom stereocenters. The highest BCUT2D eigenvalue weighted by molar-refractivity contribution is 5.76. The third-order valence-corrected chi connectivity index (χ3v) is 4.68. The quantitative estimate of drug-likeness (QED) is 0.790. The van der Waals surface area contributed by atoms with Crippen LogP contribution in [0.15, 0.2) is 0 Å². The Morgan fingerprint density at radius 1 is 1.19 bits per heavy atom. The van der Waals surface area contributed by atoms with Crippen LogP contribution in [-0.2, 0) is 4.79 Å². The van der Waals surface area contributed by atoms with Crippen molar-refractivity contribution in [1.29, 1.82) is 0 Å². The lowest BCUT2D eigenvalue weighted by Crippen LogP contribution is -2.50. The lowest BCUT2D eigenvalue weighted by Gasteiger charge is -2.39. The van der Waals surface area contributed by atoms with Crippen molar-refractivity contribution in [3.8, 4) is 0 Å². The van der Waals surface area contributed by atoms with E-state index in [1.165, 1.54) is 32.1 Å². The zero-order valence-corrected chi connectivity index (χ0v) is 14.2. The van der Waals surface area contributed by atoms with Crippen LogP contribution in [0.3, 0.4) is 0 Å². The summed E-state index contributed by atoms with van der Waals surface area (Å²) in [5.41, 5.74) is -0.118. The molecule has 4 nitrogen and oxygen atoms in total. The van der Waals surface area contributed by atoms with Crippen LogP contribution in [-0.4, -0.2) is 47.6 Å². The minimum Gasteiger partial charge on any atom is -0.351 e. The number of nitrogens with zero attached hydrogens (tertiary/aromatic N) is 1. The van der Waals surface area contributed by atoms with Crippen LogP contribution in [0.1, 0.15) is 66.2 Å². The van der Waals surface area contributed by atoms with Gasteiger partial charge in [-0.3, -0.25) is 9.69 Å². The largest absolute Gasteiger partial charge is 0.351 e. The molecule has 0 saturated carbocycles. The van der Waals surface area contributed by atoms with Gasteiger partial charge in [0.2, 0.25) is 5.91 Å². The van der Waals surface area contributed by atoms with E-state index < -0.39 is 0 Å². The molecule has 0 radical (unpaired) electrons. The maximum Gasteiger partial charge on any atom is 0.221 e. The van der Waals surface area contributed by atoms with Crippen molar-refractivity contribution < 1.29 is 4.79 Å². The van der Waals surface area contributed by atoms with E-state index in [9.17, 15) is 4.79 Å². The molecule has 0 aliphatic carbocycles. The molecule has 2 saturated heterocycles. The first kappa shape index (κ1) is 16.8. The van der Waals surface area contributed by atoms with Gasteiger partial charge < -0.3 is 10.6 Å². The molecule has 0 spiro atoms. The van der Waals surface area contributed by atoms with E-state index in [2.05, 4.69) is 22.5 Å². The van der Waals surface area contributed by atoms with Gasteiger partial charge in [-0.05, 0) is 59.4 Å². The second-order valence-electron chi connectivity index (χ2n) is 7.79. The van der Waals surface area contributed by atoms with Gasteiger partial charge in [0.25, 0.3) is 0 Å². The van der Waals surface area contributed by atoms with E-state index in [-0.39, 0.29) is 11.4 Å². The van der Waals surface area contributed by atoms with Crippen molar-refractivity contribution >= 4 is 5.91 Å². The number of carbonyl (C=O) groups excluding carboxylic acids is 1. The first-order chi connectivity index (χ1) is 9.89. The summed E-state index contributed by atoms with van der Waals surface area (Å²) in [5, 5.41) is 6.75. The van der Waals surface area contributed by atoms with Crippen LogP contribution in [0.25, 0.3) is 0 Å². The van der Waals surface area contributed by atoms with E-state index in [1.807, 2.05) is 20.8 Å². The maximum absolute atomic E-state index is 12.0. The Morgan fingerprint density at radius 3 is 2.33 bits per heavy atom. The summed E-state index contributed by atoms with van der Waals surface area (Å²) in [4.78, 5) is 14.6. The van der Waals surface area contributed by atoms with E-state index in [0.717, 1.165) is 13.1 Å². The number of hydrogen-bond donors (Lipinski definition) is 2. The van der Waals surface area contributed by atoms with Crippen molar-refractivity contribution in [2.75, 3.05) is 13.1 Å². The SMILES string of the molecule is CCCNC1CC2CCC(C1)N2CCC(=O)NC(C)(C)C. The van der Waals surface area contributed by atoms with Crippen molar-refractivity contribution in [2.24, 2.45) is 0 Å². The Labute approximate surface area is 130 Å². The highest BCUT2D eigenvalue weighted by atomic mass is 16.1. The van der Waals surface area contributed by atoms with Gasteiger partial charge in [-0.2, -0.15) is 0 Å². The summed E-state index contributed by atoms with van der Waals surface area (Å²) < 4.78 is 0. The predicted molar refractivity (Wildman–Crippen MR) is 87.3 cm³/mol. The van der Waals surface area contributed by atoms with Crippen LogP contribution in [0.4, 0.5) is 0 Å². The first-order valence-electron chi connectivity index (χ1n) is 8.69. The molecule has 2 unspecified atom stereocenters. The van der Waals surface area contributed by atoms with Crippen LogP contribution < -0.4 is 10.6 Å². The predicted octanol–water partition coefficient (Wildman–Crippen LogP) is 2.29. The summed E-state index contributed by atoms with van der Waals surface area (Å²) in [5.74, 6) is 0.188. The van der Waals surface area contributed by atoms with Gasteiger partial charge in [0, 0.05) is 36.6 Å². The van der Waals surface area contributed by atoms with Crippen LogP contribution in [0, 0.1) is 0 Å². The van der Waals surface area contributed by atoms with Crippen LogP contribution in [0.2, 0.25) is 0 Å². The average molecular weight is 295 g/mol. The van der Waals surface area contributed by atoms with Gasteiger partial charge in [0.15, 0.2) is 0 Å². The Kier molecular flexibility index (Phi) is 5.67. The fraction of sp³-hybridized carbons (Fsp3) is 0.941. The average Bonchev–Trinajstić information content (AvgIpc) is 2.62. The van der Waals surface area contributed by atoms with Crippen molar-refractivity contribution in [2.45, 2.75) is 89.9 Å². The topological polar surface area (TPSA) is 44.4 Å². The number of nitrogens with one attached hydrogen (secondary N) is 2. The highest BCUT2D eigenvalue weighted by Crippen LogP contribution is 2.35. The van der Waals surface area contributed by atoms with Crippen molar-refractivity contribution in [3.63, 3.8) is 0 Å². The molecular formula is C17H33N3O. The molecule has 2 aliphatic heterocycles. The molecule has 21 heavy (non-hydrogen) atoms. The zero-order chi connectivity index (χ0) is 15.5. The molecular weight excluding hydrogens is 262 g/mol. The number of fused-ring (bicyclic) bond motifs is 2. The second kappa shape index (κ2) is 7.10. The van der Waals surface area contributed by atoms with Crippen molar-refractivity contribution in [1.82, 2.24) is 15.5 Å². The standard InChI is InChI=1S/C17H33N3O/c1-5-9-18-13-11-14-6-7-15(12-13)20(14)10-8-16(21)19-17(2,3)4/h13-15,18H,5-12H2,1-4H3,(H,19,21). The molecule has 0 aromatic rings. The molecule has 2 heterocycles. The van der Waals surface area contributed by atoms with E-state index >= 15 is 0 Å².